The fraction of sp³-hybridized carbons (Fsp3) is 0.857. The van der Waals surface area contributed by atoms with E-state index in [-0.39, 0.29) is 0 Å². The van der Waals surface area contributed by atoms with Crippen LogP contribution < -0.4 is 0 Å². The summed E-state index contributed by atoms with van der Waals surface area (Å²) in [4.78, 5) is 0. The van der Waals surface area contributed by atoms with Gasteiger partial charge in [0.05, 0.1) is 17.4 Å². The molecule has 1 heterocycles. The van der Waals surface area contributed by atoms with Crippen molar-refractivity contribution in [1.29, 1.82) is 5.26 Å². The Kier molecular flexibility index (Phi) is 4.86. The van der Waals surface area contributed by atoms with E-state index in [0.717, 1.165) is 66.7 Å². The van der Waals surface area contributed by atoms with Crippen LogP contribution in [0.1, 0.15) is 84.1 Å². The minimum atomic E-state index is -0.415. The molecule has 5 aliphatic carbocycles. The predicted molar refractivity (Wildman–Crippen MR) is 124 cm³/mol. The first-order chi connectivity index (χ1) is 15.3. The van der Waals surface area contributed by atoms with Crippen molar-refractivity contribution in [2.75, 3.05) is 0 Å². The molecule has 0 amide bonds. The van der Waals surface area contributed by atoms with Gasteiger partial charge >= 0.3 is 0 Å². The number of hydrogen-bond acceptors (Lipinski definition) is 3. The molecule has 1 aromatic rings. The zero-order valence-corrected chi connectivity index (χ0v) is 20.2. The molecule has 5 saturated carbocycles. The minimum absolute atomic E-state index is 0.415. The molecular weight excluding hydrogens is 394 g/mol. The molecule has 5 aliphatic rings. The molecule has 1 aromatic heterocycles. The normalized spacial score (nSPS) is 50.2. The van der Waals surface area contributed by atoms with Crippen molar-refractivity contribution >= 4 is 0 Å². The average Bonchev–Trinajstić information content (AvgIpc) is 3.36. The lowest BCUT2D eigenvalue weighted by Crippen LogP contribution is -2.55. The summed E-state index contributed by atoms with van der Waals surface area (Å²) in [5.74, 6) is 7.68. The van der Waals surface area contributed by atoms with E-state index in [9.17, 15) is 10.4 Å². The fourth-order valence-corrected chi connectivity index (χ4v) is 10.1. The molecule has 0 saturated heterocycles. The SMILES string of the molecule is C[C@H](Cn1cc(C#N)cn1)[C@H]1[C@@H]2C[C@@H]2C[C@H]2[C@@H]3CC[C@@H]4C[C@](C)(O)CC[C@@H]4[C@H]3CC[C@]12C. The van der Waals surface area contributed by atoms with Gasteiger partial charge in [0, 0.05) is 12.7 Å². The summed E-state index contributed by atoms with van der Waals surface area (Å²) < 4.78 is 2.03. The first kappa shape index (κ1) is 21.2. The van der Waals surface area contributed by atoms with Crippen LogP contribution in [0.2, 0.25) is 0 Å². The molecule has 0 aromatic carbocycles. The van der Waals surface area contributed by atoms with Gasteiger partial charge in [0.1, 0.15) is 6.07 Å². The van der Waals surface area contributed by atoms with Crippen LogP contribution in [0.25, 0.3) is 0 Å². The summed E-state index contributed by atoms with van der Waals surface area (Å²) in [5, 5.41) is 24.4. The summed E-state index contributed by atoms with van der Waals surface area (Å²) in [6, 6.07) is 2.23. The second kappa shape index (κ2) is 7.33. The van der Waals surface area contributed by atoms with Gasteiger partial charge in [0.15, 0.2) is 0 Å². The average molecular weight is 436 g/mol. The van der Waals surface area contributed by atoms with Crippen molar-refractivity contribution in [3.05, 3.63) is 18.0 Å². The van der Waals surface area contributed by atoms with Crippen LogP contribution in [-0.2, 0) is 6.54 Å². The summed E-state index contributed by atoms with van der Waals surface area (Å²) >= 11 is 0. The molecule has 0 unspecified atom stereocenters. The van der Waals surface area contributed by atoms with Gasteiger partial charge < -0.3 is 5.11 Å². The van der Waals surface area contributed by atoms with Crippen LogP contribution in [0.5, 0.6) is 0 Å². The Bertz CT molecular complexity index is 914. The van der Waals surface area contributed by atoms with Crippen molar-refractivity contribution in [3.8, 4) is 6.07 Å². The largest absolute Gasteiger partial charge is 0.390 e. The number of aliphatic hydroxyl groups is 1. The van der Waals surface area contributed by atoms with Crippen LogP contribution >= 0.6 is 0 Å². The summed E-state index contributed by atoms with van der Waals surface area (Å²) in [6.45, 7) is 8.16. The molecular formula is C28H41N3O. The van der Waals surface area contributed by atoms with Crippen LogP contribution in [0, 0.1) is 70.0 Å². The number of nitriles is 1. The lowest BCUT2D eigenvalue weighted by Gasteiger charge is -2.61. The monoisotopic (exact) mass is 435 g/mol. The molecule has 32 heavy (non-hydrogen) atoms. The summed E-state index contributed by atoms with van der Waals surface area (Å²) in [7, 11) is 0. The lowest BCUT2D eigenvalue weighted by atomic mass is 9.44. The van der Waals surface area contributed by atoms with E-state index >= 15 is 0 Å². The van der Waals surface area contributed by atoms with Gasteiger partial charge in [-0.05, 0) is 123 Å². The smallest absolute Gasteiger partial charge is 0.102 e. The topological polar surface area (TPSA) is 61.8 Å². The van der Waals surface area contributed by atoms with E-state index in [1.54, 1.807) is 6.20 Å². The molecule has 0 aliphatic heterocycles. The predicted octanol–water partition coefficient (Wildman–Crippen LogP) is 5.66. The summed E-state index contributed by atoms with van der Waals surface area (Å²) in [6.07, 6.45) is 15.5. The van der Waals surface area contributed by atoms with Crippen molar-refractivity contribution in [2.24, 2.45) is 58.7 Å². The quantitative estimate of drug-likeness (QED) is 0.667. The van der Waals surface area contributed by atoms with Gasteiger partial charge in [-0.3, -0.25) is 4.68 Å². The highest BCUT2D eigenvalue weighted by molar-refractivity contribution is 5.21. The van der Waals surface area contributed by atoms with Gasteiger partial charge in [0.2, 0.25) is 0 Å². The van der Waals surface area contributed by atoms with Gasteiger partial charge in [-0.15, -0.1) is 0 Å². The number of fused-ring (bicyclic) bond motifs is 6. The highest BCUT2D eigenvalue weighted by Gasteiger charge is 2.64. The molecule has 5 fully saturated rings. The summed E-state index contributed by atoms with van der Waals surface area (Å²) in [5.41, 5.74) is 0.732. The third-order valence-electron chi connectivity index (χ3n) is 11.3. The van der Waals surface area contributed by atoms with Crippen molar-refractivity contribution < 1.29 is 5.11 Å². The Morgan fingerprint density at radius 2 is 1.91 bits per heavy atom. The van der Waals surface area contributed by atoms with Crippen LogP contribution in [0.15, 0.2) is 12.4 Å². The molecule has 4 heteroatoms. The standard InChI is InChI=1S/C28H41N3O/c1-17(15-31-16-18(13-29)14-30-31)26-24-10-20(24)11-25-23-5-4-19-12-27(2,32)8-6-21(19)22(23)7-9-28(25,26)3/h14,16-17,19-26,32H,4-12,15H2,1-3H3/t17-,19-,20-,21+,22-,23-,24-,25+,26+,27-,28+/m1/s1. The molecule has 1 N–H and O–H groups in total. The Labute approximate surface area is 193 Å². The zero-order valence-electron chi connectivity index (χ0n) is 20.2. The van der Waals surface area contributed by atoms with Crippen molar-refractivity contribution in [2.45, 2.75) is 90.7 Å². The van der Waals surface area contributed by atoms with Gasteiger partial charge in [-0.2, -0.15) is 10.4 Å². The fourth-order valence-electron chi connectivity index (χ4n) is 10.1. The number of nitrogens with zero attached hydrogens (tertiary/aromatic N) is 3. The molecule has 0 bridgehead atoms. The lowest BCUT2D eigenvalue weighted by molar-refractivity contribution is -0.137. The Morgan fingerprint density at radius 1 is 1.09 bits per heavy atom. The molecule has 4 nitrogen and oxygen atoms in total. The van der Waals surface area contributed by atoms with E-state index in [4.69, 9.17) is 0 Å². The van der Waals surface area contributed by atoms with Crippen molar-refractivity contribution in [3.63, 3.8) is 0 Å². The maximum absolute atomic E-state index is 10.7. The van der Waals surface area contributed by atoms with E-state index in [0.29, 0.717) is 16.9 Å². The third kappa shape index (κ3) is 3.29. The highest BCUT2D eigenvalue weighted by atomic mass is 16.3. The van der Waals surface area contributed by atoms with E-state index < -0.39 is 5.60 Å². The van der Waals surface area contributed by atoms with E-state index in [1.165, 1.54) is 44.9 Å². The molecule has 11 atom stereocenters. The van der Waals surface area contributed by atoms with E-state index in [2.05, 4.69) is 31.9 Å². The van der Waals surface area contributed by atoms with Gasteiger partial charge in [0.25, 0.3) is 0 Å². The Balaban J connectivity index is 1.23. The second-order valence-electron chi connectivity index (χ2n) is 13.2. The molecule has 0 radical (unpaired) electrons. The second-order valence-corrected chi connectivity index (χ2v) is 13.2. The molecule has 6 rings (SSSR count). The van der Waals surface area contributed by atoms with Crippen molar-refractivity contribution in [1.82, 2.24) is 9.78 Å². The van der Waals surface area contributed by atoms with Gasteiger partial charge in [-0.25, -0.2) is 0 Å². The first-order valence-corrected chi connectivity index (χ1v) is 13.4. The third-order valence-corrected chi connectivity index (χ3v) is 11.3. The maximum Gasteiger partial charge on any atom is 0.102 e. The van der Waals surface area contributed by atoms with Crippen LogP contribution in [0.4, 0.5) is 0 Å². The number of hydrogen-bond donors (Lipinski definition) is 1. The number of rotatable bonds is 3. The van der Waals surface area contributed by atoms with Crippen LogP contribution in [0.3, 0.4) is 0 Å². The Hall–Kier alpha value is -1.34. The first-order valence-electron chi connectivity index (χ1n) is 13.4. The molecule has 0 spiro atoms. The Morgan fingerprint density at radius 3 is 2.69 bits per heavy atom. The van der Waals surface area contributed by atoms with Crippen LogP contribution in [-0.4, -0.2) is 20.5 Å². The maximum atomic E-state index is 10.7. The zero-order chi connectivity index (χ0) is 22.3. The highest BCUT2D eigenvalue weighted by Crippen LogP contribution is 2.71. The van der Waals surface area contributed by atoms with Gasteiger partial charge in [-0.1, -0.05) is 13.8 Å². The van der Waals surface area contributed by atoms with E-state index in [1.807, 2.05) is 10.9 Å². The number of aromatic nitrogens is 2. The minimum Gasteiger partial charge on any atom is -0.390 e. The molecule has 174 valence electrons.